The Kier molecular flexibility index (Phi) is 4.59. The maximum Gasteiger partial charge on any atom is 0.416 e. The van der Waals surface area contributed by atoms with Crippen LogP contribution in [0.5, 0.6) is 0 Å². The number of allylic oxidation sites excluding steroid dienone is 1. The monoisotopic (exact) mass is 352 g/mol. The summed E-state index contributed by atoms with van der Waals surface area (Å²) >= 11 is 0. The van der Waals surface area contributed by atoms with Gasteiger partial charge in [0.25, 0.3) is 0 Å². The van der Waals surface area contributed by atoms with Gasteiger partial charge in [-0.15, -0.1) is 0 Å². The predicted molar refractivity (Wildman–Crippen MR) is 79.4 cm³/mol. The second-order valence-corrected chi connectivity index (χ2v) is 5.22. The minimum absolute atomic E-state index is 0.0447. The summed E-state index contributed by atoms with van der Waals surface area (Å²) in [6.07, 6.45) is 2.56. The first kappa shape index (κ1) is 16.8. The zero-order chi connectivity index (χ0) is 17.9. The van der Waals surface area contributed by atoms with E-state index in [2.05, 4.69) is 20.2 Å². The Morgan fingerprint density at radius 2 is 1.60 bits per heavy atom. The highest BCUT2D eigenvalue weighted by molar-refractivity contribution is 5.54. The van der Waals surface area contributed by atoms with Crippen LogP contribution >= 0.6 is 0 Å². The van der Waals surface area contributed by atoms with Crippen molar-refractivity contribution in [2.75, 3.05) is 0 Å². The first-order chi connectivity index (χ1) is 11.9. The normalized spacial score (nSPS) is 11.5. The lowest BCUT2D eigenvalue weighted by Gasteiger charge is -2.10. The van der Waals surface area contributed by atoms with Gasteiger partial charge >= 0.3 is 6.18 Å². The van der Waals surface area contributed by atoms with E-state index < -0.39 is 17.6 Å². The average molecular weight is 352 g/mol. The highest BCUT2D eigenvalue weighted by atomic mass is 19.4. The quantitative estimate of drug-likeness (QED) is 0.663. The summed E-state index contributed by atoms with van der Waals surface area (Å²) in [6, 6.07) is 2.42. The molecule has 0 amide bonds. The first-order valence-electron chi connectivity index (χ1n) is 7.13. The fourth-order valence-corrected chi connectivity index (χ4v) is 2.23. The van der Waals surface area contributed by atoms with Crippen LogP contribution in [0.25, 0.3) is 6.08 Å². The van der Waals surface area contributed by atoms with Crippen molar-refractivity contribution in [2.45, 2.75) is 19.3 Å². The van der Waals surface area contributed by atoms with Crippen LogP contribution in [0, 0.1) is 5.82 Å². The van der Waals surface area contributed by atoms with E-state index in [0.717, 1.165) is 12.1 Å². The number of hydrogen-bond donors (Lipinski definition) is 0. The van der Waals surface area contributed by atoms with Crippen molar-refractivity contribution < 1.29 is 17.6 Å². The number of hydrogen-bond acceptors (Lipinski definition) is 4. The van der Waals surface area contributed by atoms with Gasteiger partial charge in [-0.2, -0.15) is 23.4 Å². The fourth-order valence-electron chi connectivity index (χ4n) is 2.23. The van der Waals surface area contributed by atoms with E-state index in [0.29, 0.717) is 11.6 Å². The minimum Gasteiger partial charge on any atom is -0.249 e. The van der Waals surface area contributed by atoms with Crippen LogP contribution < -0.4 is 0 Å². The number of rotatable bonds is 5. The molecule has 0 unspecified atom stereocenters. The topological polar surface area (TPSA) is 61.4 Å². The molecule has 1 aromatic carbocycles. The molecule has 0 bridgehead atoms. The van der Waals surface area contributed by atoms with Gasteiger partial charge in [0.05, 0.1) is 18.7 Å². The molecule has 0 radical (unpaired) electrons. The smallest absolute Gasteiger partial charge is 0.249 e. The number of nitrogens with zero attached hydrogens (tertiary/aromatic N) is 6. The molecule has 0 saturated carbocycles. The van der Waals surface area contributed by atoms with Gasteiger partial charge in [0.2, 0.25) is 0 Å². The van der Waals surface area contributed by atoms with Gasteiger partial charge in [0, 0.05) is 5.56 Å². The van der Waals surface area contributed by atoms with Crippen LogP contribution in [-0.2, 0) is 19.3 Å². The highest BCUT2D eigenvalue weighted by Gasteiger charge is 2.31. The summed E-state index contributed by atoms with van der Waals surface area (Å²) in [7, 11) is 0. The third-order valence-corrected chi connectivity index (χ3v) is 3.35. The summed E-state index contributed by atoms with van der Waals surface area (Å²) < 4.78 is 55.1. The number of benzene rings is 1. The molecule has 0 atom stereocenters. The van der Waals surface area contributed by atoms with Gasteiger partial charge in [-0.05, 0) is 23.8 Å². The van der Waals surface area contributed by atoms with Gasteiger partial charge in [-0.25, -0.2) is 23.7 Å². The molecule has 6 nitrogen and oxygen atoms in total. The molecular weight excluding hydrogens is 340 g/mol. The standard InChI is InChI=1S/C15H12F4N6/c16-14-4-13(15(17,18)19)2-1-12(14)3-11(5-24-9-20-7-22-24)6-25-10-21-8-23-25/h1-4,7-10H,5-6H2. The molecule has 25 heavy (non-hydrogen) atoms. The van der Waals surface area contributed by atoms with Crippen LogP contribution in [0.2, 0.25) is 0 Å². The molecule has 10 heteroatoms. The van der Waals surface area contributed by atoms with E-state index in [1.807, 2.05) is 0 Å². The summed E-state index contributed by atoms with van der Waals surface area (Å²) in [6.45, 7) is 0.556. The number of halogens is 4. The van der Waals surface area contributed by atoms with Crippen LogP contribution in [0.3, 0.4) is 0 Å². The maximum atomic E-state index is 14.1. The zero-order valence-electron chi connectivity index (χ0n) is 12.7. The Hall–Kier alpha value is -3.04. The zero-order valence-corrected chi connectivity index (χ0v) is 12.7. The van der Waals surface area contributed by atoms with Crippen molar-refractivity contribution in [3.63, 3.8) is 0 Å². The van der Waals surface area contributed by atoms with Crippen LogP contribution in [0.15, 0.2) is 49.1 Å². The summed E-state index contributed by atoms with van der Waals surface area (Å²) in [5, 5.41) is 7.95. The van der Waals surface area contributed by atoms with Crippen LogP contribution in [0.1, 0.15) is 11.1 Å². The molecule has 2 aromatic heterocycles. The molecule has 0 N–H and O–H groups in total. The van der Waals surface area contributed by atoms with Crippen molar-refractivity contribution in [2.24, 2.45) is 0 Å². The molecule has 130 valence electrons. The number of alkyl halides is 3. The highest BCUT2D eigenvalue weighted by Crippen LogP contribution is 2.30. The Balaban J connectivity index is 1.91. The molecule has 0 saturated heterocycles. The van der Waals surface area contributed by atoms with Crippen molar-refractivity contribution in [1.82, 2.24) is 29.5 Å². The minimum atomic E-state index is -4.59. The van der Waals surface area contributed by atoms with Gasteiger partial charge in [-0.1, -0.05) is 6.07 Å². The molecule has 2 heterocycles. The van der Waals surface area contributed by atoms with E-state index in [4.69, 9.17) is 0 Å². The van der Waals surface area contributed by atoms with E-state index in [1.54, 1.807) is 0 Å². The summed E-state index contributed by atoms with van der Waals surface area (Å²) in [5.41, 5.74) is -0.325. The van der Waals surface area contributed by atoms with Crippen molar-refractivity contribution in [3.8, 4) is 0 Å². The van der Waals surface area contributed by atoms with Gasteiger partial charge in [-0.3, -0.25) is 0 Å². The first-order valence-corrected chi connectivity index (χ1v) is 7.13. The fraction of sp³-hybridized carbons (Fsp3) is 0.200. The lowest BCUT2D eigenvalue weighted by molar-refractivity contribution is -0.137. The molecule has 3 rings (SSSR count). The van der Waals surface area contributed by atoms with E-state index >= 15 is 0 Å². The third-order valence-electron chi connectivity index (χ3n) is 3.35. The maximum absolute atomic E-state index is 14.1. The van der Waals surface area contributed by atoms with Gasteiger partial charge in [0.1, 0.15) is 31.1 Å². The second kappa shape index (κ2) is 6.83. The Bertz CT molecular complexity index is 815. The van der Waals surface area contributed by atoms with Gasteiger partial charge in [0.15, 0.2) is 0 Å². The molecular formula is C15H12F4N6. The van der Waals surface area contributed by atoms with Gasteiger partial charge < -0.3 is 0 Å². The SMILES string of the molecule is Fc1cc(C(F)(F)F)ccc1C=C(Cn1cncn1)Cn1cncn1. The molecule has 0 spiro atoms. The van der Waals surface area contributed by atoms with Crippen molar-refractivity contribution in [3.05, 3.63) is 66.0 Å². The number of aromatic nitrogens is 6. The summed E-state index contributed by atoms with van der Waals surface area (Å²) in [4.78, 5) is 7.65. The lowest BCUT2D eigenvalue weighted by atomic mass is 10.1. The Labute approximate surface area is 139 Å². The van der Waals surface area contributed by atoms with E-state index in [9.17, 15) is 17.6 Å². The molecule has 0 fully saturated rings. The Morgan fingerprint density at radius 3 is 2.04 bits per heavy atom. The Morgan fingerprint density at radius 1 is 1.00 bits per heavy atom. The van der Waals surface area contributed by atoms with E-state index in [-0.39, 0.29) is 18.7 Å². The second-order valence-electron chi connectivity index (χ2n) is 5.22. The average Bonchev–Trinajstić information content (AvgIpc) is 3.22. The van der Waals surface area contributed by atoms with E-state index in [1.165, 1.54) is 40.7 Å². The van der Waals surface area contributed by atoms with Crippen molar-refractivity contribution >= 4 is 6.08 Å². The molecule has 3 aromatic rings. The largest absolute Gasteiger partial charge is 0.416 e. The van der Waals surface area contributed by atoms with Crippen molar-refractivity contribution in [1.29, 1.82) is 0 Å². The lowest BCUT2D eigenvalue weighted by Crippen LogP contribution is -2.09. The van der Waals surface area contributed by atoms with Crippen LogP contribution in [-0.4, -0.2) is 29.5 Å². The van der Waals surface area contributed by atoms with Crippen LogP contribution in [0.4, 0.5) is 17.6 Å². The molecule has 0 aliphatic carbocycles. The summed E-state index contributed by atoms with van der Waals surface area (Å²) in [5.74, 6) is -0.954. The molecule has 0 aliphatic rings. The molecule has 0 aliphatic heterocycles. The third kappa shape index (κ3) is 4.28. The predicted octanol–water partition coefficient (Wildman–Crippen LogP) is 2.81.